The van der Waals surface area contributed by atoms with Gasteiger partial charge in [0.1, 0.15) is 5.82 Å². The number of anilines is 2. The van der Waals surface area contributed by atoms with Crippen molar-refractivity contribution in [1.29, 1.82) is 0 Å². The molecule has 2 N–H and O–H groups in total. The second-order valence-corrected chi connectivity index (χ2v) is 6.88. The van der Waals surface area contributed by atoms with Crippen LogP contribution in [0.15, 0.2) is 53.9 Å². The van der Waals surface area contributed by atoms with E-state index in [9.17, 15) is 4.79 Å². The van der Waals surface area contributed by atoms with Crippen molar-refractivity contribution in [3.8, 4) is 0 Å². The Balaban J connectivity index is 1.46. The number of benzene rings is 1. The lowest BCUT2D eigenvalue weighted by Gasteiger charge is -2.07. The number of thiophene rings is 1. The van der Waals surface area contributed by atoms with E-state index in [-0.39, 0.29) is 5.91 Å². The predicted octanol–water partition coefficient (Wildman–Crippen LogP) is 4.03. The Hall–Kier alpha value is -2.44. The van der Waals surface area contributed by atoms with E-state index in [0.29, 0.717) is 18.1 Å². The molecule has 3 rings (SSSR count). The summed E-state index contributed by atoms with van der Waals surface area (Å²) < 4.78 is 0. The minimum Gasteiger partial charge on any atom is -0.368 e. The molecule has 5 nitrogen and oxygen atoms in total. The SMILES string of the molecule is O=C(Cc1cccs1)Nc1ccc(NCCc2cccc(Cl)c2)nn1. The molecule has 3 aromatic rings. The predicted molar refractivity (Wildman–Crippen MR) is 102 cm³/mol. The average molecular weight is 373 g/mol. The van der Waals surface area contributed by atoms with E-state index in [0.717, 1.165) is 28.4 Å². The second kappa shape index (κ2) is 8.60. The maximum absolute atomic E-state index is 11.9. The molecule has 0 fully saturated rings. The maximum Gasteiger partial charge on any atom is 0.230 e. The summed E-state index contributed by atoms with van der Waals surface area (Å²) in [5, 5.41) is 16.7. The first-order valence-electron chi connectivity index (χ1n) is 7.83. The average Bonchev–Trinajstić information content (AvgIpc) is 3.09. The number of rotatable bonds is 7. The molecule has 7 heteroatoms. The molecule has 128 valence electrons. The standard InChI is InChI=1S/C18H17ClN4OS/c19-14-4-1-3-13(11-14)8-9-20-16-6-7-17(23-22-16)21-18(24)12-15-5-2-10-25-15/h1-7,10-11H,8-9,12H2,(H,20,22)(H,21,23,24). The monoisotopic (exact) mass is 372 g/mol. The van der Waals surface area contributed by atoms with Crippen LogP contribution in [0, 0.1) is 0 Å². The molecule has 0 spiro atoms. The Morgan fingerprint density at radius 1 is 1.08 bits per heavy atom. The Morgan fingerprint density at radius 2 is 1.92 bits per heavy atom. The molecule has 0 aliphatic carbocycles. The number of amides is 1. The van der Waals surface area contributed by atoms with Crippen LogP contribution in [0.1, 0.15) is 10.4 Å². The van der Waals surface area contributed by atoms with E-state index in [1.807, 2.05) is 41.8 Å². The van der Waals surface area contributed by atoms with Crippen LogP contribution in [0.25, 0.3) is 0 Å². The van der Waals surface area contributed by atoms with E-state index < -0.39 is 0 Å². The van der Waals surface area contributed by atoms with Gasteiger partial charge in [0.25, 0.3) is 0 Å². The molecule has 0 aliphatic heterocycles. The number of aromatic nitrogens is 2. The minimum absolute atomic E-state index is 0.0987. The molecule has 0 aliphatic rings. The zero-order valence-electron chi connectivity index (χ0n) is 13.4. The third-order valence-electron chi connectivity index (χ3n) is 3.46. The summed E-state index contributed by atoms with van der Waals surface area (Å²) in [5.74, 6) is 1.01. The summed E-state index contributed by atoms with van der Waals surface area (Å²) in [4.78, 5) is 12.9. The molecule has 0 atom stereocenters. The highest BCUT2D eigenvalue weighted by Gasteiger charge is 2.06. The third-order valence-corrected chi connectivity index (χ3v) is 4.57. The van der Waals surface area contributed by atoms with Gasteiger partial charge in [0.05, 0.1) is 6.42 Å². The number of hydrogen-bond donors (Lipinski definition) is 2. The van der Waals surface area contributed by atoms with E-state index >= 15 is 0 Å². The van der Waals surface area contributed by atoms with Gasteiger partial charge in [0, 0.05) is 16.4 Å². The molecule has 0 bridgehead atoms. The Kier molecular flexibility index (Phi) is 5.98. The van der Waals surface area contributed by atoms with Gasteiger partial charge in [-0.3, -0.25) is 4.79 Å². The first kappa shape index (κ1) is 17.4. The van der Waals surface area contributed by atoms with Crippen LogP contribution >= 0.6 is 22.9 Å². The lowest BCUT2D eigenvalue weighted by atomic mass is 10.1. The Labute approximate surface area is 155 Å². The lowest BCUT2D eigenvalue weighted by molar-refractivity contribution is -0.115. The van der Waals surface area contributed by atoms with Crippen molar-refractivity contribution in [2.75, 3.05) is 17.2 Å². The highest BCUT2D eigenvalue weighted by molar-refractivity contribution is 7.10. The van der Waals surface area contributed by atoms with Crippen molar-refractivity contribution in [1.82, 2.24) is 10.2 Å². The van der Waals surface area contributed by atoms with Gasteiger partial charge in [0.15, 0.2) is 5.82 Å². The number of nitrogens with one attached hydrogen (secondary N) is 2. The van der Waals surface area contributed by atoms with Crippen LogP contribution in [0.4, 0.5) is 11.6 Å². The fourth-order valence-electron chi connectivity index (χ4n) is 2.28. The summed E-state index contributed by atoms with van der Waals surface area (Å²) in [5.41, 5.74) is 1.16. The van der Waals surface area contributed by atoms with Gasteiger partial charge in [-0.25, -0.2) is 0 Å². The zero-order chi connectivity index (χ0) is 17.5. The molecule has 1 amide bonds. The summed E-state index contributed by atoms with van der Waals surface area (Å²) in [6.45, 7) is 0.721. The maximum atomic E-state index is 11.9. The summed E-state index contributed by atoms with van der Waals surface area (Å²) in [6, 6.07) is 15.2. The van der Waals surface area contributed by atoms with Crippen molar-refractivity contribution in [2.24, 2.45) is 0 Å². The number of hydrogen-bond acceptors (Lipinski definition) is 5. The number of nitrogens with zero attached hydrogens (tertiary/aromatic N) is 2. The van der Waals surface area contributed by atoms with Gasteiger partial charge in [-0.2, -0.15) is 0 Å². The van der Waals surface area contributed by atoms with Crippen molar-refractivity contribution in [3.05, 3.63) is 69.4 Å². The van der Waals surface area contributed by atoms with Crippen molar-refractivity contribution < 1.29 is 4.79 Å². The minimum atomic E-state index is -0.0987. The van der Waals surface area contributed by atoms with Gasteiger partial charge in [-0.15, -0.1) is 21.5 Å². The topological polar surface area (TPSA) is 66.9 Å². The first-order valence-corrected chi connectivity index (χ1v) is 9.09. The molecule has 25 heavy (non-hydrogen) atoms. The largest absolute Gasteiger partial charge is 0.368 e. The lowest BCUT2D eigenvalue weighted by Crippen LogP contribution is -2.15. The number of halogens is 1. The number of carbonyl (C=O) groups is 1. The zero-order valence-corrected chi connectivity index (χ0v) is 15.0. The molecule has 1 aromatic carbocycles. The van der Waals surface area contributed by atoms with Crippen LogP contribution in [0.2, 0.25) is 5.02 Å². The second-order valence-electron chi connectivity index (χ2n) is 5.41. The van der Waals surface area contributed by atoms with Crippen LogP contribution in [0.3, 0.4) is 0 Å². The van der Waals surface area contributed by atoms with E-state index in [1.54, 1.807) is 23.5 Å². The van der Waals surface area contributed by atoms with Crippen LogP contribution < -0.4 is 10.6 Å². The Morgan fingerprint density at radius 3 is 2.64 bits per heavy atom. The van der Waals surface area contributed by atoms with E-state index in [1.165, 1.54) is 0 Å². The summed E-state index contributed by atoms with van der Waals surface area (Å²) in [6.07, 6.45) is 1.18. The van der Waals surface area contributed by atoms with Crippen molar-refractivity contribution in [3.63, 3.8) is 0 Å². The smallest absolute Gasteiger partial charge is 0.230 e. The molecule has 0 radical (unpaired) electrons. The van der Waals surface area contributed by atoms with Gasteiger partial charge >= 0.3 is 0 Å². The van der Waals surface area contributed by atoms with Gasteiger partial charge in [-0.05, 0) is 47.7 Å². The van der Waals surface area contributed by atoms with Crippen LogP contribution in [-0.4, -0.2) is 22.6 Å². The summed E-state index contributed by atoms with van der Waals surface area (Å²) in [7, 11) is 0. The van der Waals surface area contributed by atoms with Gasteiger partial charge in [0.2, 0.25) is 5.91 Å². The highest BCUT2D eigenvalue weighted by atomic mass is 35.5. The van der Waals surface area contributed by atoms with Crippen molar-refractivity contribution >= 4 is 40.5 Å². The fourth-order valence-corrected chi connectivity index (χ4v) is 3.20. The van der Waals surface area contributed by atoms with Gasteiger partial charge in [-0.1, -0.05) is 29.8 Å². The first-order chi connectivity index (χ1) is 12.2. The van der Waals surface area contributed by atoms with E-state index in [4.69, 9.17) is 11.6 Å². The normalized spacial score (nSPS) is 10.4. The molecular formula is C18H17ClN4OS. The number of carbonyl (C=O) groups excluding carboxylic acids is 1. The quantitative estimate of drug-likeness (QED) is 0.657. The molecule has 0 saturated heterocycles. The molecule has 2 aromatic heterocycles. The Bertz CT molecular complexity index is 821. The van der Waals surface area contributed by atoms with Crippen molar-refractivity contribution in [2.45, 2.75) is 12.8 Å². The highest BCUT2D eigenvalue weighted by Crippen LogP contribution is 2.13. The van der Waals surface area contributed by atoms with Crippen LogP contribution in [-0.2, 0) is 17.6 Å². The van der Waals surface area contributed by atoms with E-state index in [2.05, 4.69) is 20.8 Å². The fraction of sp³-hybridized carbons (Fsp3) is 0.167. The molecule has 2 heterocycles. The third kappa shape index (κ3) is 5.55. The molecular weight excluding hydrogens is 356 g/mol. The van der Waals surface area contributed by atoms with Gasteiger partial charge < -0.3 is 10.6 Å². The van der Waals surface area contributed by atoms with Crippen LogP contribution in [0.5, 0.6) is 0 Å². The summed E-state index contributed by atoms with van der Waals surface area (Å²) >= 11 is 7.52. The molecule has 0 unspecified atom stereocenters. The molecule has 0 saturated carbocycles.